The van der Waals surface area contributed by atoms with Gasteiger partial charge in [0.2, 0.25) is 5.91 Å². The van der Waals surface area contributed by atoms with Crippen LogP contribution >= 0.6 is 0 Å². The molecule has 1 rings (SSSR count). The lowest BCUT2D eigenvalue weighted by molar-refractivity contribution is -0.115. The molecule has 0 saturated heterocycles. The van der Waals surface area contributed by atoms with E-state index in [9.17, 15) is 4.79 Å². The molecule has 0 saturated carbocycles. The standard InChI is InChI=1S/C11H15N3O/c1-7-4-3-5-8(2)11(7)14-10(15)6-9(12)13/h3-5H,6H2,1-2H3,(H3,12,13)(H,14,15). The molecule has 1 aromatic carbocycles. The molecule has 0 atom stereocenters. The zero-order chi connectivity index (χ0) is 11.4. The third kappa shape index (κ3) is 3.09. The van der Waals surface area contributed by atoms with Crippen molar-refractivity contribution in [2.45, 2.75) is 20.3 Å². The first-order valence-electron chi connectivity index (χ1n) is 4.69. The molecule has 0 aliphatic rings. The smallest absolute Gasteiger partial charge is 0.231 e. The highest BCUT2D eigenvalue weighted by Gasteiger charge is 2.07. The number of benzene rings is 1. The largest absolute Gasteiger partial charge is 0.387 e. The van der Waals surface area contributed by atoms with Gasteiger partial charge >= 0.3 is 0 Å². The topological polar surface area (TPSA) is 79.0 Å². The number of amides is 1. The van der Waals surface area contributed by atoms with Crippen molar-refractivity contribution in [2.75, 3.05) is 5.32 Å². The van der Waals surface area contributed by atoms with Crippen LogP contribution in [0.15, 0.2) is 18.2 Å². The number of amidine groups is 1. The van der Waals surface area contributed by atoms with Crippen LogP contribution in [0.4, 0.5) is 5.69 Å². The Balaban J connectivity index is 2.80. The summed E-state index contributed by atoms with van der Waals surface area (Å²) in [7, 11) is 0. The normalized spacial score (nSPS) is 9.73. The summed E-state index contributed by atoms with van der Waals surface area (Å²) in [4.78, 5) is 11.4. The molecular weight excluding hydrogens is 190 g/mol. The minimum atomic E-state index is -0.250. The zero-order valence-electron chi connectivity index (χ0n) is 8.92. The van der Waals surface area contributed by atoms with Gasteiger partial charge in [0.1, 0.15) is 5.84 Å². The fourth-order valence-electron chi connectivity index (χ4n) is 1.37. The fourth-order valence-corrected chi connectivity index (χ4v) is 1.37. The number of para-hydroxylation sites is 1. The predicted molar refractivity (Wildman–Crippen MR) is 61.1 cm³/mol. The third-order valence-corrected chi connectivity index (χ3v) is 2.10. The fraction of sp³-hybridized carbons (Fsp3) is 0.273. The Morgan fingerprint density at radius 3 is 2.40 bits per heavy atom. The monoisotopic (exact) mass is 205 g/mol. The molecule has 80 valence electrons. The average Bonchev–Trinajstić information content (AvgIpc) is 2.10. The number of hydrogen-bond acceptors (Lipinski definition) is 2. The highest BCUT2D eigenvalue weighted by molar-refractivity contribution is 6.04. The summed E-state index contributed by atoms with van der Waals surface area (Å²) in [6.07, 6.45) is -0.0617. The van der Waals surface area contributed by atoms with Crippen LogP contribution in [-0.4, -0.2) is 11.7 Å². The van der Waals surface area contributed by atoms with Gasteiger partial charge in [0.05, 0.1) is 6.42 Å². The van der Waals surface area contributed by atoms with Crippen LogP contribution in [0, 0.1) is 19.3 Å². The van der Waals surface area contributed by atoms with Crippen molar-refractivity contribution in [2.24, 2.45) is 5.73 Å². The van der Waals surface area contributed by atoms with Gasteiger partial charge in [0, 0.05) is 5.69 Å². The molecule has 0 heterocycles. The molecule has 4 heteroatoms. The van der Waals surface area contributed by atoms with E-state index in [1.54, 1.807) is 0 Å². The van der Waals surface area contributed by atoms with Crippen molar-refractivity contribution in [1.29, 1.82) is 5.41 Å². The summed E-state index contributed by atoms with van der Waals surface area (Å²) in [6.45, 7) is 3.85. The number of rotatable bonds is 3. The number of nitrogens with one attached hydrogen (secondary N) is 2. The van der Waals surface area contributed by atoms with Gasteiger partial charge in [0.15, 0.2) is 0 Å². The molecule has 1 amide bonds. The first kappa shape index (κ1) is 11.2. The lowest BCUT2D eigenvalue weighted by Crippen LogP contribution is -2.21. The van der Waals surface area contributed by atoms with Crippen LogP contribution in [0.3, 0.4) is 0 Å². The maximum atomic E-state index is 11.4. The van der Waals surface area contributed by atoms with E-state index in [0.717, 1.165) is 16.8 Å². The Hall–Kier alpha value is -1.84. The SMILES string of the molecule is Cc1cccc(C)c1NC(=O)CC(=N)N. The van der Waals surface area contributed by atoms with Gasteiger partial charge < -0.3 is 11.1 Å². The molecule has 0 aromatic heterocycles. The molecule has 0 radical (unpaired) electrons. The van der Waals surface area contributed by atoms with Crippen LogP contribution in [-0.2, 0) is 4.79 Å². The van der Waals surface area contributed by atoms with Crippen LogP contribution in [0.5, 0.6) is 0 Å². The number of aryl methyl sites for hydroxylation is 2. The number of hydrogen-bond donors (Lipinski definition) is 3. The number of anilines is 1. The third-order valence-electron chi connectivity index (χ3n) is 2.10. The summed E-state index contributed by atoms with van der Waals surface area (Å²) >= 11 is 0. The summed E-state index contributed by atoms with van der Waals surface area (Å²) < 4.78 is 0. The summed E-state index contributed by atoms with van der Waals surface area (Å²) in [6, 6.07) is 5.79. The number of carbonyl (C=O) groups is 1. The highest BCUT2D eigenvalue weighted by atomic mass is 16.1. The van der Waals surface area contributed by atoms with Crippen LogP contribution in [0.2, 0.25) is 0 Å². The van der Waals surface area contributed by atoms with E-state index in [4.69, 9.17) is 11.1 Å². The van der Waals surface area contributed by atoms with E-state index in [0.29, 0.717) is 0 Å². The first-order valence-corrected chi connectivity index (χ1v) is 4.69. The maximum absolute atomic E-state index is 11.4. The molecule has 0 bridgehead atoms. The van der Waals surface area contributed by atoms with E-state index >= 15 is 0 Å². The Morgan fingerprint density at radius 2 is 1.93 bits per heavy atom. The number of carbonyl (C=O) groups excluding carboxylic acids is 1. The first-order chi connectivity index (χ1) is 7.00. The van der Waals surface area contributed by atoms with Crippen LogP contribution in [0.25, 0.3) is 0 Å². The Morgan fingerprint density at radius 1 is 1.40 bits per heavy atom. The second-order valence-corrected chi connectivity index (χ2v) is 3.52. The van der Waals surface area contributed by atoms with Crippen molar-refractivity contribution in [3.8, 4) is 0 Å². The van der Waals surface area contributed by atoms with Gasteiger partial charge in [-0.2, -0.15) is 0 Å². The van der Waals surface area contributed by atoms with E-state index < -0.39 is 0 Å². The molecule has 0 fully saturated rings. The quantitative estimate of drug-likeness (QED) is 0.517. The van der Waals surface area contributed by atoms with Crippen molar-refractivity contribution in [3.05, 3.63) is 29.3 Å². The summed E-state index contributed by atoms with van der Waals surface area (Å²) in [5.74, 6) is -0.376. The van der Waals surface area contributed by atoms with Crippen LogP contribution < -0.4 is 11.1 Å². The average molecular weight is 205 g/mol. The lowest BCUT2D eigenvalue weighted by atomic mass is 10.1. The zero-order valence-corrected chi connectivity index (χ0v) is 8.92. The molecule has 1 aromatic rings. The lowest BCUT2D eigenvalue weighted by Gasteiger charge is -2.10. The molecule has 0 aliphatic heterocycles. The highest BCUT2D eigenvalue weighted by Crippen LogP contribution is 2.19. The summed E-state index contributed by atoms with van der Waals surface area (Å²) in [5, 5.41) is 9.76. The summed E-state index contributed by atoms with van der Waals surface area (Å²) in [5.41, 5.74) is 7.97. The van der Waals surface area contributed by atoms with Gasteiger partial charge in [-0.05, 0) is 25.0 Å². The second-order valence-electron chi connectivity index (χ2n) is 3.52. The van der Waals surface area contributed by atoms with Crippen molar-refractivity contribution >= 4 is 17.4 Å². The second kappa shape index (κ2) is 4.59. The Labute approximate surface area is 89.0 Å². The minimum absolute atomic E-state index is 0.0617. The molecule has 4 nitrogen and oxygen atoms in total. The van der Waals surface area contributed by atoms with E-state index in [-0.39, 0.29) is 18.2 Å². The maximum Gasteiger partial charge on any atom is 0.231 e. The molecular formula is C11H15N3O. The Kier molecular flexibility index (Phi) is 3.44. The molecule has 0 spiro atoms. The van der Waals surface area contributed by atoms with Gasteiger partial charge in [-0.25, -0.2) is 0 Å². The number of nitrogens with two attached hydrogens (primary N) is 1. The van der Waals surface area contributed by atoms with Gasteiger partial charge in [0.25, 0.3) is 0 Å². The molecule has 0 unspecified atom stereocenters. The predicted octanol–water partition coefficient (Wildman–Crippen LogP) is 1.57. The molecule has 0 aliphatic carbocycles. The van der Waals surface area contributed by atoms with E-state index in [1.165, 1.54) is 0 Å². The van der Waals surface area contributed by atoms with Gasteiger partial charge in [-0.3, -0.25) is 10.2 Å². The van der Waals surface area contributed by atoms with Crippen LogP contribution in [0.1, 0.15) is 17.5 Å². The van der Waals surface area contributed by atoms with E-state index in [2.05, 4.69) is 5.32 Å². The van der Waals surface area contributed by atoms with Gasteiger partial charge in [-0.15, -0.1) is 0 Å². The minimum Gasteiger partial charge on any atom is -0.387 e. The van der Waals surface area contributed by atoms with Crippen molar-refractivity contribution in [3.63, 3.8) is 0 Å². The molecule has 15 heavy (non-hydrogen) atoms. The molecule has 4 N–H and O–H groups in total. The van der Waals surface area contributed by atoms with Crippen molar-refractivity contribution < 1.29 is 4.79 Å². The van der Waals surface area contributed by atoms with Crippen molar-refractivity contribution in [1.82, 2.24) is 0 Å². The van der Waals surface area contributed by atoms with E-state index in [1.807, 2.05) is 32.0 Å². The Bertz CT molecular complexity index is 379. The van der Waals surface area contributed by atoms with Gasteiger partial charge in [-0.1, -0.05) is 18.2 Å².